The van der Waals surface area contributed by atoms with Gasteiger partial charge in [0.1, 0.15) is 10.6 Å². The number of hydrogen-bond donors (Lipinski definition) is 3. The van der Waals surface area contributed by atoms with Crippen molar-refractivity contribution in [3.8, 4) is 0 Å². The molecular weight excluding hydrogens is 254 g/mol. The van der Waals surface area contributed by atoms with E-state index in [1.54, 1.807) is 6.92 Å². The van der Waals surface area contributed by atoms with E-state index in [1.165, 1.54) is 0 Å². The SMILES string of the molecule is CCCCCCNS(=O)(=O)c1c(CO)n[nH]c1C. The van der Waals surface area contributed by atoms with Crippen molar-refractivity contribution in [3.63, 3.8) is 0 Å². The molecule has 0 aromatic carbocycles. The molecule has 7 heteroatoms. The van der Waals surface area contributed by atoms with Gasteiger partial charge in [0, 0.05) is 6.54 Å². The third-order valence-corrected chi connectivity index (χ3v) is 4.37. The Morgan fingerprint density at radius 3 is 2.67 bits per heavy atom. The topological polar surface area (TPSA) is 95.1 Å². The quantitative estimate of drug-likeness (QED) is 0.618. The molecule has 0 aliphatic heterocycles. The Morgan fingerprint density at radius 1 is 1.33 bits per heavy atom. The van der Waals surface area contributed by atoms with Crippen molar-refractivity contribution in [1.29, 1.82) is 0 Å². The van der Waals surface area contributed by atoms with Crippen molar-refractivity contribution in [3.05, 3.63) is 11.4 Å². The second-order valence-electron chi connectivity index (χ2n) is 4.24. The average Bonchev–Trinajstić information content (AvgIpc) is 2.71. The first-order chi connectivity index (χ1) is 8.53. The third kappa shape index (κ3) is 3.79. The highest BCUT2D eigenvalue weighted by Crippen LogP contribution is 2.17. The number of aromatic nitrogens is 2. The number of rotatable bonds is 8. The van der Waals surface area contributed by atoms with E-state index in [2.05, 4.69) is 21.8 Å². The van der Waals surface area contributed by atoms with E-state index in [9.17, 15) is 8.42 Å². The monoisotopic (exact) mass is 275 g/mol. The fourth-order valence-electron chi connectivity index (χ4n) is 1.76. The Hall–Kier alpha value is -0.920. The number of nitrogens with zero attached hydrogens (tertiary/aromatic N) is 1. The maximum absolute atomic E-state index is 12.0. The normalized spacial score (nSPS) is 11.9. The maximum Gasteiger partial charge on any atom is 0.244 e. The van der Waals surface area contributed by atoms with Crippen molar-refractivity contribution in [2.75, 3.05) is 6.54 Å². The Morgan fingerprint density at radius 2 is 2.06 bits per heavy atom. The minimum Gasteiger partial charge on any atom is -0.390 e. The highest BCUT2D eigenvalue weighted by molar-refractivity contribution is 7.89. The predicted octanol–water partition coefficient (Wildman–Crippen LogP) is 1.07. The number of aliphatic hydroxyl groups excluding tert-OH is 1. The molecule has 18 heavy (non-hydrogen) atoms. The van der Waals surface area contributed by atoms with E-state index in [1.807, 2.05) is 0 Å². The summed E-state index contributed by atoms with van der Waals surface area (Å²) in [6.45, 7) is 3.75. The molecule has 0 aliphatic carbocycles. The Bertz CT molecular complexity index is 468. The lowest BCUT2D eigenvalue weighted by Crippen LogP contribution is -2.26. The largest absolute Gasteiger partial charge is 0.390 e. The van der Waals surface area contributed by atoms with Gasteiger partial charge in [-0.15, -0.1) is 0 Å². The van der Waals surface area contributed by atoms with E-state index in [0.717, 1.165) is 25.7 Å². The van der Waals surface area contributed by atoms with Crippen LogP contribution in [-0.2, 0) is 16.6 Å². The van der Waals surface area contributed by atoms with Gasteiger partial charge < -0.3 is 5.11 Å². The Balaban J connectivity index is 2.65. The standard InChI is InChI=1S/C11H21N3O3S/c1-3-4-5-6-7-12-18(16,17)11-9(2)13-14-10(11)8-15/h12,15H,3-8H2,1-2H3,(H,13,14). The van der Waals surface area contributed by atoms with E-state index in [-0.39, 0.29) is 10.6 Å². The molecule has 0 radical (unpaired) electrons. The lowest BCUT2D eigenvalue weighted by molar-refractivity contribution is 0.273. The minimum absolute atomic E-state index is 0.0699. The molecule has 1 aromatic heterocycles. The van der Waals surface area contributed by atoms with Gasteiger partial charge in [-0.25, -0.2) is 13.1 Å². The molecule has 0 saturated heterocycles. The molecule has 1 heterocycles. The summed E-state index contributed by atoms with van der Waals surface area (Å²) in [6.07, 6.45) is 4.05. The van der Waals surface area contributed by atoms with Crippen LogP contribution in [0.1, 0.15) is 44.0 Å². The van der Waals surface area contributed by atoms with Crippen LogP contribution in [0.25, 0.3) is 0 Å². The number of nitrogens with one attached hydrogen (secondary N) is 2. The fourth-order valence-corrected chi connectivity index (χ4v) is 3.19. The molecule has 6 nitrogen and oxygen atoms in total. The first kappa shape index (κ1) is 15.1. The molecule has 1 rings (SSSR count). The minimum atomic E-state index is -3.58. The molecule has 104 valence electrons. The van der Waals surface area contributed by atoms with Crippen LogP contribution in [0.15, 0.2) is 4.90 Å². The number of hydrogen-bond acceptors (Lipinski definition) is 4. The lowest BCUT2D eigenvalue weighted by Gasteiger charge is -2.07. The number of unbranched alkanes of at least 4 members (excludes halogenated alkanes) is 3. The van der Waals surface area contributed by atoms with Crippen molar-refractivity contribution >= 4 is 10.0 Å². The number of sulfonamides is 1. The second-order valence-corrected chi connectivity index (χ2v) is 5.94. The van der Waals surface area contributed by atoms with Gasteiger partial charge in [0.15, 0.2) is 0 Å². The van der Waals surface area contributed by atoms with Gasteiger partial charge in [0.2, 0.25) is 10.0 Å². The molecule has 0 saturated carbocycles. The fraction of sp³-hybridized carbons (Fsp3) is 0.727. The van der Waals surface area contributed by atoms with Crippen molar-refractivity contribution in [2.45, 2.75) is 51.0 Å². The average molecular weight is 275 g/mol. The van der Waals surface area contributed by atoms with Crippen LogP contribution >= 0.6 is 0 Å². The van der Waals surface area contributed by atoms with Crippen molar-refractivity contribution < 1.29 is 13.5 Å². The van der Waals surface area contributed by atoms with Gasteiger partial charge in [-0.3, -0.25) is 5.10 Å². The highest BCUT2D eigenvalue weighted by Gasteiger charge is 2.23. The number of aromatic amines is 1. The van der Waals surface area contributed by atoms with Crippen LogP contribution in [0.3, 0.4) is 0 Å². The van der Waals surface area contributed by atoms with Crippen molar-refractivity contribution in [2.24, 2.45) is 0 Å². The van der Waals surface area contributed by atoms with Gasteiger partial charge in [0.25, 0.3) is 0 Å². The first-order valence-corrected chi connectivity index (χ1v) is 7.65. The summed E-state index contributed by atoms with van der Waals surface area (Å²) >= 11 is 0. The first-order valence-electron chi connectivity index (χ1n) is 6.17. The summed E-state index contributed by atoms with van der Waals surface area (Å²) in [5.74, 6) is 0. The summed E-state index contributed by atoms with van der Waals surface area (Å²) in [4.78, 5) is 0.0699. The van der Waals surface area contributed by atoms with Crippen molar-refractivity contribution in [1.82, 2.24) is 14.9 Å². The molecule has 0 spiro atoms. The molecule has 0 atom stereocenters. The number of H-pyrrole nitrogens is 1. The summed E-state index contributed by atoms with van der Waals surface area (Å²) in [7, 11) is -3.58. The molecule has 0 bridgehead atoms. The summed E-state index contributed by atoms with van der Waals surface area (Å²) in [6, 6.07) is 0. The van der Waals surface area contributed by atoms with E-state index in [0.29, 0.717) is 12.2 Å². The zero-order chi connectivity index (χ0) is 13.6. The van der Waals surface area contributed by atoms with Crippen LogP contribution in [0.4, 0.5) is 0 Å². The van der Waals surface area contributed by atoms with Crippen LogP contribution in [0, 0.1) is 6.92 Å². The number of aliphatic hydroxyl groups is 1. The van der Waals surface area contributed by atoms with Gasteiger partial charge in [-0.05, 0) is 13.3 Å². The zero-order valence-corrected chi connectivity index (χ0v) is 11.7. The molecule has 0 amide bonds. The molecule has 0 unspecified atom stereocenters. The number of aryl methyl sites for hydroxylation is 1. The van der Waals surface area contributed by atoms with Crippen LogP contribution in [0.2, 0.25) is 0 Å². The Labute approximate surface area is 108 Å². The molecule has 1 aromatic rings. The summed E-state index contributed by atoms with van der Waals surface area (Å²) in [5.41, 5.74) is 0.605. The van der Waals surface area contributed by atoms with Crippen LogP contribution in [-0.4, -0.2) is 30.3 Å². The van der Waals surface area contributed by atoms with Gasteiger partial charge in [-0.2, -0.15) is 5.10 Å². The summed E-state index contributed by atoms with van der Waals surface area (Å²) in [5, 5.41) is 15.4. The van der Waals surface area contributed by atoms with Crippen LogP contribution < -0.4 is 4.72 Å². The maximum atomic E-state index is 12.0. The van der Waals surface area contributed by atoms with E-state index < -0.39 is 16.6 Å². The molecule has 0 aliphatic rings. The molecule has 3 N–H and O–H groups in total. The smallest absolute Gasteiger partial charge is 0.244 e. The predicted molar refractivity (Wildman–Crippen MR) is 68.6 cm³/mol. The lowest BCUT2D eigenvalue weighted by atomic mass is 10.2. The molecule has 0 fully saturated rings. The van der Waals surface area contributed by atoms with E-state index in [4.69, 9.17) is 5.11 Å². The Kier molecular flexibility index (Phi) is 5.77. The summed E-state index contributed by atoms with van der Waals surface area (Å²) < 4.78 is 26.6. The van der Waals surface area contributed by atoms with Gasteiger partial charge >= 0.3 is 0 Å². The van der Waals surface area contributed by atoms with E-state index >= 15 is 0 Å². The highest BCUT2D eigenvalue weighted by atomic mass is 32.2. The second kappa shape index (κ2) is 6.86. The zero-order valence-electron chi connectivity index (χ0n) is 10.9. The van der Waals surface area contributed by atoms with Crippen LogP contribution in [0.5, 0.6) is 0 Å². The van der Waals surface area contributed by atoms with Gasteiger partial charge in [-0.1, -0.05) is 26.2 Å². The van der Waals surface area contributed by atoms with Gasteiger partial charge in [0.05, 0.1) is 12.3 Å². The third-order valence-electron chi connectivity index (χ3n) is 2.70. The molecular formula is C11H21N3O3S.